The lowest BCUT2D eigenvalue weighted by Gasteiger charge is -2.24. The maximum Gasteiger partial charge on any atom is 0.246 e. The number of ether oxygens (including phenoxy) is 1. The van der Waals surface area contributed by atoms with Gasteiger partial charge in [0, 0.05) is 41.5 Å². The van der Waals surface area contributed by atoms with Gasteiger partial charge in [-0.25, -0.2) is 4.98 Å². The summed E-state index contributed by atoms with van der Waals surface area (Å²) in [5.74, 6) is 0.898. The molecular weight excluding hydrogens is 466 g/mol. The van der Waals surface area contributed by atoms with E-state index in [1.165, 1.54) is 0 Å². The van der Waals surface area contributed by atoms with E-state index in [2.05, 4.69) is 10.3 Å². The molecule has 2 amide bonds. The highest BCUT2D eigenvalue weighted by atomic mass is 35.5. The number of amides is 2. The number of benzene rings is 2. The minimum absolute atomic E-state index is 0.0189. The Labute approximate surface area is 210 Å². The van der Waals surface area contributed by atoms with Crippen molar-refractivity contribution in [2.45, 2.75) is 12.8 Å². The average molecular weight is 496 g/mol. The number of hydrogen-bond donors (Lipinski definition) is 1. The van der Waals surface area contributed by atoms with E-state index in [0.717, 1.165) is 29.8 Å². The van der Waals surface area contributed by atoms with Gasteiger partial charge in [0.2, 0.25) is 17.8 Å². The smallest absolute Gasteiger partial charge is 0.246 e. The largest absolute Gasteiger partial charge is 0.497 e. The molecule has 0 radical (unpaired) electrons. The number of anilines is 1. The van der Waals surface area contributed by atoms with Gasteiger partial charge >= 0.3 is 0 Å². The van der Waals surface area contributed by atoms with Gasteiger partial charge in [-0.05, 0) is 63.3 Å². The van der Waals surface area contributed by atoms with Crippen molar-refractivity contribution in [3.63, 3.8) is 0 Å². The van der Waals surface area contributed by atoms with Gasteiger partial charge in [-0.15, -0.1) is 0 Å². The highest BCUT2D eigenvalue weighted by Gasteiger charge is 2.34. The maximum atomic E-state index is 13.1. The van der Waals surface area contributed by atoms with E-state index in [-0.39, 0.29) is 24.3 Å². The Balaban J connectivity index is 1.59. The average Bonchev–Trinajstić information content (AvgIpc) is 3.62. The van der Waals surface area contributed by atoms with Crippen molar-refractivity contribution in [2.75, 3.05) is 46.2 Å². The second-order valence-electron chi connectivity index (χ2n) is 8.91. The molecule has 0 atom stereocenters. The van der Waals surface area contributed by atoms with Gasteiger partial charge in [0.15, 0.2) is 0 Å². The van der Waals surface area contributed by atoms with Crippen LogP contribution in [0.2, 0.25) is 5.02 Å². The first-order valence-corrected chi connectivity index (χ1v) is 11.9. The Kier molecular flexibility index (Phi) is 7.73. The molecule has 8 nitrogen and oxygen atoms in total. The van der Waals surface area contributed by atoms with E-state index >= 15 is 0 Å². The summed E-state index contributed by atoms with van der Waals surface area (Å²) in [5, 5.41) is 3.55. The summed E-state index contributed by atoms with van der Waals surface area (Å²) in [6, 6.07) is 14.8. The van der Waals surface area contributed by atoms with Gasteiger partial charge < -0.3 is 14.5 Å². The third kappa shape index (κ3) is 6.41. The zero-order valence-corrected chi connectivity index (χ0v) is 21.0. The van der Waals surface area contributed by atoms with Crippen LogP contribution in [-0.4, -0.2) is 72.0 Å². The van der Waals surface area contributed by atoms with E-state index < -0.39 is 0 Å². The van der Waals surface area contributed by atoms with Crippen molar-refractivity contribution in [2.24, 2.45) is 5.92 Å². The zero-order chi connectivity index (χ0) is 24.9. The first-order valence-electron chi connectivity index (χ1n) is 11.6. The minimum atomic E-state index is -0.291. The van der Waals surface area contributed by atoms with Crippen LogP contribution in [0.4, 0.5) is 5.95 Å². The van der Waals surface area contributed by atoms with E-state index in [1.807, 2.05) is 66.2 Å². The lowest BCUT2D eigenvalue weighted by atomic mass is 10.2. The third-order valence-electron chi connectivity index (χ3n) is 5.84. The quantitative estimate of drug-likeness (QED) is 0.461. The summed E-state index contributed by atoms with van der Waals surface area (Å²) < 4.78 is 7.08. The van der Waals surface area contributed by atoms with Gasteiger partial charge in [0.05, 0.1) is 19.3 Å². The number of halogens is 1. The summed E-state index contributed by atoms with van der Waals surface area (Å²) in [6.07, 6.45) is 3.65. The highest BCUT2D eigenvalue weighted by Crippen LogP contribution is 2.31. The number of imidazole rings is 1. The normalized spacial score (nSPS) is 13.1. The summed E-state index contributed by atoms with van der Waals surface area (Å²) >= 11 is 6.04. The number of rotatable bonds is 10. The number of nitrogens with zero attached hydrogens (tertiary/aromatic N) is 4. The van der Waals surface area contributed by atoms with Crippen LogP contribution in [0, 0.1) is 5.92 Å². The Morgan fingerprint density at radius 2 is 1.77 bits per heavy atom. The van der Waals surface area contributed by atoms with Crippen molar-refractivity contribution < 1.29 is 14.3 Å². The van der Waals surface area contributed by atoms with Crippen LogP contribution in [-0.2, 0) is 9.59 Å². The maximum absolute atomic E-state index is 13.1. The number of hydrogen-bond acceptors (Lipinski definition) is 5. The number of likely N-dealkylation sites (N-methyl/N-ethyl adjacent to an activating group) is 1. The molecule has 35 heavy (non-hydrogen) atoms. The summed E-state index contributed by atoms with van der Waals surface area (Å²) in [7, 11) is 5.51. The van der Waals surface area contributed by atoms with Crippen molar-refractivity contribution in [1.82, 2.24) is 19.4 Å². The van der Waals surface area contributed by atoms with Crippen LogP contribution < -0.4 is 10.1 Å². The predicted molar refractivity (Wildman–Crippen MR) is 137 cm³/mol. The molecule has 4 rings (SSSR count). The fraction of sp³-hybridized carbons (Fsp3) is 0.346. The van der Waals surface area contributed by atoms with E-state index in [0.29, 0.717) is 29.8 Å². The molecule has 1 heterocycles. The van der Waals surface area contributed by atoms with Crippen LogP contribution >= 0.6 is 11.6 Å². The lowest BCUT2D eigenvalue weighted by Crippen LogP contribution is -2.42. The Bertz CT molecular complexity index is 1170. The molecule has 0 saturated heterocycles. The topological polar surface area (TPSA) is 79.7 Å². The monoisotopic (exact) mass is 495 g/mol. The number of carbonyl (C=O) groups excluding carboxylic acids is 2. The third-order valence-corrected chi connectivity index (χ3v) is 6.09. The molecule has 3 aromatic rings. The molecule has 0 bridgehead atoms. The van der Waals surface area contributed by atoms with Crippen LogP contribution in [0.5, 0.6) is 5.75 Å². The standard InChI is InChI=1S/C26H30ClN5O3/c1-30(2)14-15-31(25(34)19-4-5-19)17-24(33)29-26-28-23(18-6-8-20(27)9-7-18)16-32(26)21-10-12-22(35-3)13-11-21/h6-13,16,19H,4-5,14-15,17H2,1-3H3,(H,28,29,33). The number of methoxy groups -OCH3 is 1. The minimum Gasteiger partial charge on any atom is -0.497 e. The molecule has 0 unspecified atom stereocenters. The number of carbonyl (C=O) groups is 2. The predicted octanol–water partition coefficient (Wildman–Crippen LogP) is 3.94. The fourth-order valence-corrected chi connectivity index (χ4v) is 3.81. The Hall–Kier alpha value is -3.36. The van der Waals surface area contributed by atoms with Crippen molar-refractivity contribution >= 4 is 29.4 Å². The molecule has 1 saturated carbocycles. The van der Waals surface area contributed by atoms with Crippen LogP contribution in [0.1, 0.15) is 12.8 Å². The Morgan fingerprint density at radius 1 is 1.09 bits per heavy atom. The molecular formula is C26H30ClN5O3. The molecule has 0 spiro atoms. The van der Waals surface area contributed by atoms with E-state index in [4.69, 9.17) is 16.3 Å². The molecule has 1 aromatic heterocycles. The number of nitrogens with one attached hydrogen (secondary N) is 1. The lowest BCUT2D eigenvalue weighted by molar-refractivity contribution is -0.136. The van der Waals surface area contributed by atoms with Crippen molar-refractivity contribution in [3.8, 4) is 22.7 Å². The molecule has 1 fully saturated rings. The summed E-state index contributed by atoms with van der Waals surface area (Å²) in [6.45, 7) is 1.17. The highest BCUT2D eigenvalue weighted by molar-refractivity contribution is 6.30. The second kappa shape index (κ2) is 10.9. The van der Waals surface area contributed by atoms with E-state index in [9.17, 15) is 9.59 Å². The second-order valence-corrected chi connectivity index (χ2v) is 9.35. The van der Waals surface area contributed by atoms with Crippen LogP contribution in [0.3, 0.4) is 0 Å². The van der Waals surface area contributed by atoms with Crippen molar-refractivity contribution in [1.29, 1.82) is 0 Å². The van der Waals surface area contributed by atoms with Crippen LogP contribution in [0.15, 0.2) is 54.7 Å². The molecule has 1 N–H and O–H groups in total. The van der Waals surface area contributed by atoms with Crippen molar-refractivity contribution in [3.05, 3.63) is 59.8 Å². The zero-order valence-electron chi connectivity index (χ0n) is 20.2. The van der Waals surface area contributed by atoms with Gasteiger partial charge in [0.25, 0.3) is 0 Å². The van der Waals surface area contributed by atoms with Gasteiger partial charge in [-0.1, -0.05) is 23.7 Å². The number of aromatic nitrogens is 2. The van der Waals surface area contributed by atoms with Gasteiger partial charge in [-0.3, -0.25) is 19.5 Å². The SMILES string of the molecule is COc1ccc(-n2cc(-c3ccc(Cl)cc3)nc2NC(=O)CN(CCN(C)C)C(=O)C2CC2)cc1. The first-order chi connectivity index (χ1) is 16.8. The van der Waals surface area contributed by atoms with Gasteiger partial charge in [-0.2, -0.15) is 0 Å². The van der Waals surface area contributed by atoms with E-state index in [1.54, 1.807) is 24.1 Å². The van der Waals surface area contributed by atoms with Gasteiger partial charge in [0.1, 0.15) is 5.75 Å². The summed E-state index contributed by atoms with van der Waals surface area (Å²) in [4.78, 5) is 34.2. The molecule has 2 aromatic carbocycles. The van der Waals surface area contributed by atoms with Crippen LogP contribution in [0.25, 0.3) is 16.9 Å². The molecule has 1 aliphatic carbocycles. The first kappa shape index (κ1) is 24.8. The summed E-state index contributed by atoms with van der Waals surface area (Å²) in [5.41, 5.74) is 2.37. The fourth-order valence-electron chi connectivity index (χ4n) is 3.68. The molecule has 0 aliphatic heterocycles. The Morgan fingerprint density at radius 3 is 2.37 bits per heavy atom. The molecule has 9 heteroatoms. The molecule has 184 valence electrons. The molecule has 1 aliphatic rings.